The average Bonchev–Trinajstić information content (AvgIpc) is 3.42. The van der Waals surface area contributed by atoms with Crippen LogP contribution in [0, 0.1) is 5.82 Å². The molecule has 0 amide bonds. The average molecular weight is 400 g/mol. The minimum atomic E-state index is -0.400. The molecule has 144 valence electrons. The Bertz CT molecular complexity index is 1300. The molecule has 0 aliphatic carbocycles. The lowest BCUT2D eigenvalue weighted by molar-refractivity contribution is 0.0969. The molecule has 1 aromatic carbocycles. The van der Waals surface area contributed by atoms with Crippen LogP contribution in [0.15, 0.2) is 45.3 Å². The predicted octanol–water partition coefficient (Wildman–Crippen LogP) is 2.24. The Hall–Kier alpha value is -2.78. The van der Waals surface area contributed by atoms with Gasteiger partial charge >= 0.3 is 5.69 Å². The third-order valence-electron chi connectivity index (χ3n) is 5.08. The SMILES string of the molecule is O=c1c2sccc2n2c(=O)n(Cc3ccccc3F)nc2n1CC1CCCO1. The Kier molecular flexibility index (Phi) is 4.13. The van der Waals surface area contributed by atoms with Crippen LogP contribution in [-0.2, 0) is 17.8 Å². The number of thiophene rings is 1. The number of halogens is 1. The van der Waals surface area contributed by atoms with E-state index in [1.807, 2.05) is 0 Å². The Balaban J connectivity index is 1.72. The number of nitrogens with zero attached hydrogens (tertiary/aromatic N) is 4. The van der Waals surface area contributed by atoms with E-state index in [0.717, 1.165) is 12.8 Å². The van der Waals surface area contributed by atoms with Crippen LogP contribution in [0.5, 0.6) is 0 Å². The minimum absolute atomic E-state index is 0.00701. The maximum atomic E-state index is 14.1. The molecular formula is C19H17FN4O3S. The van der Waals surface area contributed by atoms with Crippen molar-refractivity contribution >= 4 is 27.3 Å². The smallest absolute Gasteiger partial charge is 0.352 e. The fraction of sp³-hybridized carbons (Fsp3) is 0.316. The van der Waals surface area contributed by atoms with Gasteiger partial charge in [-0.25, -0.2) is 18.3 Å². The molecule has 0 radical (unpaired) electrons. The van der Waals surface area contributed by atoms with Crippen LogP contribution in [0.4, 0.5) is 4.39 Å². The van der Waals surface area contributed by atoms with Gasteiger partial charge in [-0.1, -0.05) is 18.2 Å². The molecule has 4 heterocycles. The molecule has 4 aromatic rings. The maximum Gasteiger partial charge on any atom is 0.352 e. The molecule has 1 aliphatic rings. The molecule has 0 saturated carbocycles. The Morgan fingerprint density at radius 2 is 2.11 bits per heavy atom. The van der Waals surface area contributed by atoms with Gasteiger partial charge in [-0.05, 0) is 30.4 Å². The van der Waals surface area contributed by atoms with Gasteiger partial charge in [0, 0.05) is 12.2 Å². The van der Waals surface area contributed by atoms with Crippen molar-refractivity contribution in [2.24, 2.45) is 0 Å². The van der Waals surface area contributed by atoms with Crippen LogP contribution < -0.4 is 11.2 Å². The molecule has 1 saturated heterocycles. The van der Waals surface area contributed by atoms with E-state index in [-0.39, 0.29) is 24.0 Å². The summed E-state index contributed by atoms with van der Waals surface area (Å²) in [6, 6.07) is 8.01. The van der Waals surface area contributed by atoms with E-state index in [2.05, 4.69) is 5.10 Å². The zero-order chi connectivity index (χ0) is 19.3. The zero-order valence-corrected chi connectivity index (χ0v) is 15.7. The first-order chi connectivity index (χ1) is 13.6. The summed E-state index contributed by atoms with van der Waals surface area (Å²) in [5, 5.41) is 6.17. The van der Waals surface area contributed by atoms with Crippen molar-refractivity contribution in [2.75, 3.05) is 6.61 Å². The van der Waals surface area contributed by atoms with E-state index < -0.39 is 11.5 Å². The lowest BCUT2D eigenvalue weighted by Gasteiger charge is -2.12. The van der Waals surface area contributed by atoms with Crippen molar-refractivity contribution in [1.82, 2.24) is 18.7 Å². The van der Waals surface area contributed by atoms with Crippen molar-refractivity contribution in [1.29, 1.82) is 0 Å². The molecule has 7 nitrogen and oxygen atoms in total. The van der Waals surface area contributed by atoms with Crippen LogP contribution in [-0.4, -0.2) is 31.5 Å². The third kappa shape index (κ3) is 2.70. The van der Waals surface area contributed by atoms with Crippen LogP contribution in [0.25, 0.3) is 16.0 Å². The topological polar surface area (TPSA) is 70.5 Å². The van der Waals surface area contributed by atoms with Crippen LogP contribution in [0.2, 0.25) is 0 Å². The van der Waals surface area contributed by atoms with Gasteiger partial charge in [-0.15, -0.1) is 16.4 Å². The summed E-state index contributed by atoms with van der Waals surface area (Å²) in [7, 11) is 0. The maximum absolute atomic E-state index is 14.1. The molecule has 1 fully saturated rings. The minimum Gasteiger partial charge on any atom is -0.376 e. The molecule has 0 N–H and O–H groups in total. The van der Waals surface area contributed by atoms with Gasteiger partial charge in [-0.2, -0.15) is 0 Å². The van der Waals surface area contributed by atoms with Gasteiger partial charge < -0.3 is 4.74 Å². The number of fused-ring (bicyclic) bond motifs is 3. The highest BCUT2D eigenvalue weighted by atomic mass is 32.1. The third-order valence-corrected chi connectivity index (χ3v) is 5.97. The largest absolute Gasteiger partial charge is 0.376 e. The van der Waals surface area contributed by atoms with Crippen molar-refractivity contribution < 1.29 is 9.13 Å². The zero-order valence-electron chi connectivity index (χ0n) is 14.9. The summed E-state index contributed by atoms with van der Waals surface area (Å²) in [4.78, 5) is 26.1. The van der Waals surface area contributed by atoms with E-state index in [0.29, 0.717) is 28.9 Å². The highest BCUT2D eigenvalue weighted by molar-refractivity contribution is 7.17. The number of rotatable bonds is 4. The van der Waals surface area contributed by atoms with E-state index >= 15 is 0 Å². The fourth-order valence-corrected chi connectivity index (χ4v) is 4.51. The van der Waals surface area contributed by atoms with Crippen LogP contribution >= 0.6 is 11.3 Å². The molecule has 0 spiro atoms. The highest BCUT2D eigenvalue weighted by Gasteiger charge is 2.23. The standard InChI is InChI=1S/C19H17FN4O3S/c20-14-6-2-1-4-12(14)10-23-19(26)24-15-7-9-28-16(15)17(25)22(18(24)21-23)11-13-5-3-8-27-13/h1-2,4,6-7,9,13H,3,5,8,10-11H2. The second-order valence-corrected chi connectivity index (χ2v) is 7.77. The predicted molar refractivity (Wildman–Crippen MR) is 104 cm³/mol. The first-order valence-electron chi connectivity index (χ1n) is 9.08. The number of ether oxygens (including phenoxy) is 1. The Labute approximate surface area is 162 Å². The van der Waals surface area contributed by atoms with Crippen molar-refractivity contribution in [2.45, 2.75) is 32.0 Å². The number of hydrogen-bond acceptors (Lipinski definition) is 5. The monoisotopic (exact) mass is 400 g/mol. The summed E-state index contributed by atoms with van der Waals surface area (Å²) in [6.45, 7) is 1.00. The van der Waals surface area contributed by atoms with E-state index in [9.17, 15) is 14.0 Å². The first-order valence-corrected chi connectivity index (χ1v) is 9.96. The van der Waals surface area contributed by atoms with Gasteiger partial charge in [0.15, 0.2) is 0 Å². The van der Waals surface area contributed by atoms with Gasteiger partial charge in [0.25, 0.3) is 5.56 Å². The van der Waals surface area contributed by atoms with Gasteiger partial charge in [0.1, 0.15) is 10.5 Å². The summed E-state index contributed by atoms with van der Waals surface area (Å²) in [5.74, 6) is -0.142. The molecular weight excluding hydrogens is 383 g/mol. The summed E-state index contributed by atoms with van der Waals surface area (Å²) >= 11 is 1.29. The van der Waals surface area contributed by atoms with Gasteiger partial charge in [0.05, 0.1) is 24.7 Å². The lowest BCUT2D eigenvalue weighted by atomic mass is 10.2. The number of hydrogen-bond donors (Lipinski definition) is 0. The van der Waals surface area contributed by atoms with E-state index in [4.69, 9.17) is 4.74 Å². The molecule has 0 bridgehead atoms. The summed E-state index contributed by atoms with van der Waals surface area (Å²) in [5.41, 5.74) is 0.305. The first kappa shape index (κ1) is 17.3. The van der Waals surface area contributed by atoms with E-state index in [1.54, 1.807) is 29.6 Å². The quantitative estimate of drug-likeness (QED) is 0.527. The number of aromatic nitrogens is 4. The van der Waals surface area contributed by atoms with Gasteiger partial charge in [-0.3, -0.25) is 9.36 Å². The summed E-state index contributed by atoms with van der Waals surface area (Å²) in [6.07, 6.45) is 1.73. The molecule has 5 rings (SSSR count). The second kappa shape index (κ2) is 6.68. The summed E-state index contributed by atoms with van der Waals surface area (Å²) < 4.78 is 24.4. The van der Waals surface area contributed by atoms with Crippen molar-refractivity contribution in [3.05, 3.63) is 67.9 Å². The lowest BCUT2D eigenvalue weighted by Crippen LogP contribution is -2.29. The van der Waals surface area contributed by atoms with Crippen LogP contribution in [0.1, 0.15) is 18.4 Å². The highest BCUT2D eigenvalue weighted by Crippen LogP contribution is 2.19. The number of benzene rings is 1. The van der Waals surface area contributed by atoms with Crippen molar-refractivity contribution in [3.8, 4) is 0 Å². The van der Waals surface area contributed by atoms with Gasteiger partial charge in [0.2, 0.25) is 5.78 Å². The normalized spacial score (nSPS) is 17.1. The molecule has 9 heteroatoms. The molecule has 3 aromatic heterocycles. The molecule has 28 heavy (non-hydrogen) atoms. The molecule has 1 atom stereocenters. The second-order valence-electron chi connectivity index (χ2n) is 6.85. The fourth-order valence-electron chi connectivity index (χ4n) is 3.68. The molecule has 1 unspecified atom stereocenters. The Morgan fingerprint density at radius 3 is 2.89 bits per heavy atom. The van der Waals surface area contributed by atoms with E-state index in [1.165, 1.54) is 31.1 Å². The Morgan fingerprint density at radius 1 is 1.25 bits per heavy atom. The van der Waals surface area contributed by atoms with Crippen LogP contribution in [0.3, 0.4) is 0 Å². The van der Waals surface area contributed by atoms with Crippen molar-refractivity contribution in [3.63, 3.8) is 0 Å². The molecule has 1 aliphatic heterocycles.